The number of carbonyl (C=O) groups excluding carboxylic acids is 1. The molecule has 1 aliphatic carbocycles. The molecule has 5 nitrogen and oxygen atoms in total. The summed E-state index contributed by atoms with van der Waals surface area (Å²) in [6, 6.07) is 10.4. The zero-order chi connectivity index (χ0) is 17.9. The van der Waals surface area contributed by atoms with Crippen molar-refractivity contribution in [2.24, 2.45) is 5.92 Å². The number of quaternary nitrogens is 1. The van der Waals surface area contributed by atoms with Gasteiger partial charge in [-0.05, 0) is 18.4 Å². The second-order valence-corrected chi connectivity index (χ2v) is 8.85. The number of esters is 1. The number of piperidine rings is 1. The number of benzene rings is 1. The summed E-state index contributed by atoms with van der Waals surface area (Å²) >= 11 is 0. The van der Waals surface area contributed by atoms with Gasteiger partial charge in [-0.15, -0.1) is 0 Å². The molecule has 3 saturated heterocycles. The van der Waals surface area contributed by atoms with Crippen molar-refractivity contribution < 1.29 is 23.9 Å². The molecule has 2 bridgehead atoms. The van der Waals surface area contributed by atoms with Gasteiger partial charge in [-0.3, -0.25) is 4.79 Å². The third kappa shape index (κ3) is 2.68. The molecule has 5 heteroatoms. The number of rotatable bonds is 6. The van der Waals surface area contributed by atoms with Crippen molar-refractivity contribution in [3.8, 4) is 0 Å². The minimum absolute atomic E-state index is 0.0444. The van der Waals surface area contributed by atoms with E-state index in [0.717, 1.165) is 28.8 Å². The number of nitrogens with zero attached hydrogens (tertiary/aromatic N) is 1. The Bertz CT molecular complexity index is 671. The van der Waals surface area contributed by atoms with E-state index in [-0.39, 0.29) is 18.7 Å². The van der Waals surface area contributed by atoms with Crippen LogP contribution in [0.25, 0.3) is 0 Å². The molecular formula is C21H28NO4+. The van der Waals surface area contributed by atoms with Gasteiger partial charge in [0.2, 0.25) is 0 Å². The van der Waals surface area contributed by atoms with Gasteiger partial charge in [-0.2, -0.15) is 0 Å². The highest BCUT2D eigenvalue weighted by Gasteiger charge is 2.72. The number of carbonyl (C=O) groups is 1. The average molecular weight is 358 g/mol. The van der Waals surface area contributed by atoms with Gasteiger partial charge >= 0.3 is 5.97 Å². The van der Waals surface area contributed by atoms with E-state index in [4.69, 9.17) is 9.47 Å². The number of aliphatic hydroxyl groups excluding tert-OH is 1. The van der Waals surface area contributed by atoms with E-state index in [1.165, 1.54) is 19.4 Å². The van der Waals surface area contributed by atoms with Crippen LogP contribution in [0.3, 0.4) is 0 Å². The van der Waals surface area contributed by atoms with Gasteiger partial charge in [-0.25, -0.2) is 0 Å². The third-order valence-corrected chi connectivity index (χ3v) is 7.14. The van der Waals surface area contributed by atoms with E-state index >= 15 is 0 Å². The minimum Gasteiger partial charge on any atom is -0.461 e. The first-order chi connectivity index (χ1) is 12.6. The number of morpholine rings is 1. The van der Waals surface area contributed by atoms with Crippen LogP contribution in [-0.4, -0.2) is 66.2 Å². The zero-order valence-electron chi connectivity index (χ0n) is 15.3. The normalized spacial score (nSPS) is 41.4. The van der Waals surface area contributed by atoms with Crippen molar-refractivity contribution in [2.75, 3.05) is 20.2 Å². The third-order valence-electron chi connectivity index (χ3n) is 7.14. The first-order valence-electron chi connectivity index (χ1n) is 9.97. The van der Waals surface area contributed by atoms with E-state index < -0.39 is 5.92 Å². The average Bonchev–Trinajstić information content (AvgIpc) is 3.51. The highest BCUT2D eigenvalue weighted by Crippen LogP contribution is 2.54. The van der Waals surface area contributed by atoms with Crippen molar-refractivity contribution in [1.29, 1.82) is 0 Å². The topological polar surface area (TPSA) is 59.1 Å². The van der Waals surface area contributed by atoms with E-state index in [1.807, 2.05) is 30.3 Å². The van der Waals surface area contributed by atoms with E-state index in [1.54, 1.807) is 0 Å². The first-order valence-corrected chi connectivity index (χ1v) is 9.97. The summed E-state index contributed by atoms with van der Waals surface area (Å²) in [4.78, 5) is 12.7. The molecule has 0 radical (unpaired) electrons. The van der Waals surface area contributed by atoms with Gasteiger partial charge in [0.15, 0.2) is 0 Å². The van der Waals surface area contributed by atoms with Crippen LogP contribution in [0, 0.1) is 5.92 Å². The monoisotopic (exact) mass is 358 g/mol. The van der Waals surface area contributed by atoms with Crippen LogP contribution < -0.4 is 0 Å². The largest absolute Gasteiger partial charge is 0.461 e. The Morgan fingerprint density at radius 3 is 2.46 bits per heavy atom. The van der Waals surface area contributed by atoms with Crippen LogP contribution in [0.15, 0.2) is 30.3 Å². The molecule has 3 aliphatic heterocycles. The maximum atomic E-state index is 12.7. The molecule has 0 amide bonds. The SMILES string of the molecule is C[N+]1(CC2CC2)[C@H]2CC(OC(=O)[C@H](CO)c3ccccc3)C[C@H]1[C@@H]1O[C@H]12. The molecular weight excluding hydrogens is 330 g/mol. The van der Waals surface area contributed by atoms with Crippen LogP contribution in [0.4, 0.5) is 0 Å². The summed E-state index contributed by atoms with van der Waals surface area (Å²) in [5.41, 5.74) is 0.819. The van der Waals surface area contributed by atoms with Gasteiger partial charge in [0.1, 0.15) is 36.3 Å². The number of fused-ring (bicyclic) bond motifs is 5. The second kappa shape index (κ2) is 6.04. The van der Waals surface area contributed by atoms with Crippen molar-refractivity contribution >= 4 is 5.97 Å². The number of aliphatic hydroxyl groups is 1. The molecule has 140 valence electrons. The lowest BCUT2D eigenvalue weighted by molar-refractivity contribution is -0.957. The minimum atomic E-state index is -0.589. The lowest BCUT2D eigenvalue weighted by atomic mass is 9.94. The molecule has 0 spiro atoms. The van der Waals surface area contributed by atoms with Crippen LogP contribution >= 0.6 is 0 Å². The number of likely N-dealkylation sites (N-methyl/N-ethyl adjacent to an activating group) is 1. The van der Waals surface area contributed by atoms with Crippen LogP contribution in [0.2, 0.25) is 0 Å². The molecule has 4 fully saturated rings. The van der Waals surface area contributed by atoms with Crippen molar-refractivity contribution in [2.45, 2.75) is 62.0 Å². The highest BCUT2D eigenvalue weighted by molar-refractivity contribution is 5.78. The maximum Gasteiger partial charge on any atom is 0.316 e. The van der Waals surface area contributed by atoms with E-state index in [0.29, 0.717) is 24.3 Å². The molecule has 1 saturated carbocycles. The van der Waals surface area contributed by atoms with Crippen molar-refractivity contribution in [1.82, 2.24) is 0 Å². The van der Waals surface area contributed by atoms with E-state index in [2.05, 4.69) is 7.05 Å². The lowest BCUT2D eigenvalue weighted by Gasteiger charge is -2.48. The van der Waals surface area contributed by atoms with Crippen molar-refractivity contribution in [3.05, 3.63) is 35.9 Å². The summed E-state index contributed by atoms with van der Waals surface area (Å²) in [6.07, 6.45) is 5.22. The quantitative estimate of drug-likeness (QED) is 0.479. The van der Waals surface area contributed by atoms with Gasteiger partial charge in [0.05, 0.1) is 20.2 Å². The molecule has 26 heavy (non-hydrogen) atoms. The fraction of sp³-hybridized carbons (Fsp3) is 0.667. The Morgan fingerprint density at radius 1 is 1.23 bits per heavy atom. The fourth-order valence-corrected chi connectivity index (χ4v) is 5.53. The summed E-state index contributed by atoms with van der Waals surface area (Å²) in [6.45, 7) is 1.04. The summed E-state index contributed by atoms with van der Waals surface area (Å²) in [7, 11) is 2.39. The van der Waals surface area contributed by atoms with E-state index in [9.17, 15) is 9.90 Å². The molecule has 1 aromatic carbocycles. The Kier molecular flexibility index (Phi) is 3.89. The maximum absolute atomic E-state index is 12.7. The Hall–Kier alpha value is -1.43. The zero-order valence-corrected chi connectivity index (χ0v) is 15.3. The van der Waals surface area contributed by atoms with Crippen LogP contribution in [-0.2, 0) is 14.3 Å². The fourth-order valence-electron chi connectivity index (χ4n) is 5.53. The molecule has 0 unspecified atom stereocenters. The number of hydrogen-bond donors (Lipinski definition) is 1. The number of hydrogen-bond acceptors (Lipinski definition) is 4. The van der Waals surface area contributed by atoms with Crippen LogP contribution in [0.1, 0.15) is 37.2 Å². The van der Waals surface area contributed by atoms with Gasteiger partial charge < -0.3 is 19.1 Å². The van der Waals surface area contributed by atoms with Gasteiger partial charge in [0.25, 0.3) is 0 Å². The smallest absolute Gasteiger partial charge is 0.316 e. The second-order valence-electron chi connectivity index (χ2n) is 8.85. The predicted octanol–water partition coefficient (Wildman–Crippen LogP) is 1.84. The molecule has 1 aromatic rings. The highest BCUT2D eigenvalue weighted by atomic mass is 16.6. The molecule has 0 aromatic heterocycles. The predicted molar refractivity (Wildman–Crippen MR) is 95.4 cm³/mol. The lowest BCUT2D eigenvalue weighted by Crippen LogP contribution is -2.63. The summed E-state index contributed by atoms with van der Waals surface area (Å²) < 4.78 is 12.9. The summed E-state index contributed by atoms with van der Waals surface area (Å²) in [5.74, 6) is 0.00309. The molecule has 3 heterocycles. The first kappa shape index (κ1) is 16.7. The molecule has 4 aliphatic rings. The number of epoxide rings is 1. The summed E-state index contributed by atoms with van der Waals surface area (Å²) in [5, 5.41) is 9.71. The number of ether oxygens (including phenoxy) is 2. The standard InChI is InChI=1S/C21H28NO4/c1-22(11-13-7-8-13)17-9-15(10-18(22)20-19(17)26-20)25-21(24)16(12-23)14-5-3-2-4-6-14/h2-6,13,15-20,23H,7-12H2,1H3/q+1/t15?,16-,17+,18+,19+,20+,22?/m1/s1. The van der Waals surface area contributed by atoms with Gasteiger partial charge in [0, 0.05) is 18.8 Å². The van der Waals surface area contributed by atoms with Crippen LogP contribution in [0.5, 0.6) is 0 Å². The van der Waals surface area contributed by atoms with Gasteiger partial charge in [-0.1, -0.05) is 30.3 Å². The molecule has 5 atom stereocenters. The Balaban J connectivity index is 1.27. The van der Waals surface area contributed by atoms with Crippen molar-refractivity contribution in [3.63, 3.8) is 0 Å². The Labute approximate surface area is 154 Å². The molecule has 5 rings (SSSR count). The Morgan fingerprint density at radius 2 is 1.88 bits per heavy atom. The molecule has 1 N–H and O–H groups in total.